The second-order valence-corrected chi connectivity index (χ2v) is 7.66. The summed E-state index contributed by atoms with van der Waals surface area (Å²) in [5, 5.41) is 2.68. The van der Waals surface area contributed by atoms with Crippen molar-refractivity contribution in [1.29, 1.82) is 0 Å². The van der Waals surface area contributed by atoms with Crippen LogP contribution in [0.25, 0.3) is 0 Å². The molecule has 0 aliphatic carbocycles. The molecule has 0 radical (unpaired) electrons. The van der Waals surface area contributed by atoms with Crippen molar-refractivity contribution in [2.45, 2.75) is 18.9 Å². The largest absolute Gasteiger partial charge is 0.493 e. The number of ether oxygens (including phenoxy) is 2. The summed E-state index contributed by atoms with van der Waals surface area (Å²) in [5.74, 6) is 0.787. The molecule has 2 rings (SSSR count). The molecule has 1 N–H and O–H groups in total. The summed E-state index contributed by atoms with van der Waals surface area (Å²) in [4.78, 5) is 11.9. The number of rotatable bonds is 7. The molecule has 1 atom stereocenters. The van der Waals surface area contributed by atoms with Crippen LogP contribution in [0, 0.1) is 0 Å². The first kappa shape index (κ1) is 17.3. The van der Waals surface area contributed by atoms with E-state index in [-0.39, 0.29) is 30.1 Å². The molecule has 1 aliphatic rings. The van der Waals surface area contributed by atoms with Crippen LogP contribution in [0.1, 0.15) is 12.0 Å². The number of nitrogens with one attached hydrogen (secondary N) is 1. The number of methoxy groups -OCH3 is 1. The fourth-order valence-corrected chi connectivity index (χ4v) is 4.12. The Hall–Kier alpha value is -2.02. The average Bonchev–Trinajstić information content (AvgIpc) is 2.84. The van der Waals surface area contributed by atoms with E-state index in [4.69, 9.17) is 9.47 Å². The maximum Gasteiger partial charge on any atom is 0.258 e. The molecule has 0 spiro atoms. The Balaban J connectivity index is 1.90. The third kappa shape index (κ3) is 4.99. The van der Waals surface area contributed by atoms with Gasteiger partial charge in [-0.3, -0.25) is 4.79 Å². The van der Waals surface area contributed by atoms with E-state index in [1.54, 1.807) is 12.1 Å². The van der Waals surface area contributed by atoms with E-state index in [1.807, 2.05) is 12.1 Å². The van der Waals surface area contributed by atoms with E-state index in [0.29, 0.717) is 24.3 Å². The summed E-state index contributed by atoms with van der Waals surface area (Å²) >= 11 is 0. The Morgan fingerprint density at radius 1 is 1.43 bits per heavy atom. The van der Waals surface area contributed by atoms with Crippen molar-refractivity contribution in [3.05, 3.63) is 36.4 Å². The van der Waals surface area contributed by atoms with Crippen molar-refractivity contribution in [3.8, 4) is 11.5 Å². The number of carbonyl (C=O) groups excluding carboxylic acids is 1. The van der Waals surface area contributed by atoms with Crippen molar-refractivity contribution in [3.63, 3.8) is 0 Å². The molecule has 1 saturated heterocycles. The summed E-state index contributed by atoms with van der Waals surface area (Å²) in [6.07, 6.45) is 2.96. The zero-order valence-electron chi connectivity index (χ0n) is 13.1. The van der Waals surface area contributed by atoms with Crippen LogP contribution in [0.3, 0.4) is 0 Å². The minimum absolute atomic E-state index is 0.00168. The van der Waals surface area contributed by atoms with Gasteiger partial charge >= 0.3 is 0 Å². The van der Waals surface area contributed by atoms with Crippen molar-refractivity contribution in [2.75, 3.05) is 25.2 Å². The molecule has 1 aliphatic heterocycles. The Morgan fingerprint density at radius 2 is 2.22 bits per heavy atom. The number of allylic oxidation sites excluding steroid dienone is 1. The van der Waals surface area contributed by atoms with Gasteiger partial charge in [-0.15, -0.1) is 6.58 Å². The van der Waals surface area contributed by atoms with Crippen molar-refractivity contribution < 1.29 is 22.7 Å². The number of benzene rings is 1. The molecule has 1 aromatic rings. The van der Waals surface area contributed by atoms with E-state index in [0.717, 1.165) is 5.56 Å². The molecule has 1 amide bonds. The molecule has 0 bridgehead atoms. The Kier molecular flexibility index (Phi) is 5.65. The van der Waals surface area contributed by atoms with Crippen LogP contribution in [-0.4, -0.2) is 45.6 Å². The lowest BCUT2D eigenvalue weighted by molar-refractivity contribution is -0.123. The second kappa shape index (κ2) is 7.50. The van der Waals surface area contributed by atoms with Gasteiger partial charge in [0.05, 0.1) is 18.6 Å². The lowest BCUT2D eigenvalue weighted by atomic mass is 10.1. The predicted octanol–water partition coefficient (Wildman–Crippen LogP) is 1.11. The molecule has 7 heteroatoms. The quantitative estimate of drug-likeness (QED) is 0.753. The summed E-state index contributed by atoms with van der Waals surface area (Å²) in [6, 6.07) is 5.12. The first-order chi connectivity index (χ1) is 10.9. The van der Waals surface area contributed by atoms with Crippen LogP contribution in [0.5, 0.6) is 11.5 Å². The Morgan fingerprint density at radius 3 is 2.83 bits per heavy atom. The normalized spacial score (nSPS) is 19.1. The lowest BCUT2D eigenvalue weighted by Crippen LogP contribution is -2.38. The molecule has 23 heavy (non-hydrogen) atoms. The highest BCUT2D eigenvalue weighted by Crippen LogP contribution is 2.28. The van der Waals surface area contributed by atoms with Crippen molar-refractivity contribution in [1.82, 2.24) is 5.32 Å². The maximum atomic E-state index is 11.9. The summed E-state index contributed by atoms with van der Waals surface area (Å²) < 4.78 is 33.5. The number of sulfone groups is 1. The summed E-state index contributed by atoms with van der Waals surface area (Å²) in [7, 11) is -1.48. The fraction of sp³-hybridized carbons (Fsp3) is 0.438. The van der Waals surface area contributed by atoms with E-state index in [9.17, 15) is 13.2 Å². The van der Waals surface area contributed by atoms with Crippen molar-refractivity contribution >= 4 is 15.7 Å². The smallest absolute Gasteiger partial charge is 0.258 e. The van der Waals surface area contributed by atoms with Crippen molar-refractivity contribution in [2.24, 2.45) is 0 Å². The van der Waals surface area contributed by atoms with Gasteiger partial charge in [0.25, 0.3) is 5.91 Å². The maximum absolute atomic E-state index is 11.9. The first-order valence-electron chi connectivity index (χ1n) is 7.34. The molecule has 1 aromatic carbocycles. The highest BCUT2D eigenvalue weighted by molar-refractivity contribution is 7.91. The van der Waals surface area contributed by atoms with Gasteiger partial charge in [-0.05, 0) is 30.5 Å². The third-order valence-corrected chi connectivity index (χ3v) is 5.33. The Labute approximate surface area is 136 Å². The topological polar surface area (TPSA) is 81.7 Å². The highest BCUT2D eigenvalue weighted by atomic mass is 32.2. The molecule has 0 saturated carbocycles. The van der Waals surface area contributed by atoms with Crippen LogP contribution in [0.2, 0.25) is 0 Å². The molecule has 0 unspecified atom stereocenters. The van der Waals surface area contributed by atoms with E-state index in [1.165, 1.54) is 7.11 Å². The number of hydrogen-bond acceptors (Lipinski definition) is 5. The van der Waals surface area contributed by atoms with Crippen LogP contribution < -0.4 is 14.8 Å². The number of hydrogen-bond donors (Lipinski definition) is 1. The first-order valence-corrected chi connectivity index (χ1v) is 9.16. The second-order valence-electron chi connectivity index (χ2n) is 5.43. The Bertz CT molecular complexity index is 684. The molecule has 1 fully saturated rings. The monoisotopic (exact) mass is 339 g/mol. The SMILES string of the molecule is C=CCc1ccc(OCC(=O)N[C@H]2CCS(=O)(=O)C2)c(OC)c1. The minimum Gasteiger partial charge on any atom is -0.493 e. The third-order valence-electron chi connectivity index (χ3n) is 3.56. The molecule has 1 heterocycles. The lowest BCUT2D eigenvalue weighted by Gasteiger charge is -2.14. The zero-order chi connectivity index (χ0) is 16.9. The minimum atomic E-state index is -3.01. The van der Waals surface area contributed by atoms with Crippen LogP contribution >= 0.6 is 0 Å². The van der Waals surface area contributed by atoms with Gasteiger partial charge < -0.3 is 14.8 Å². The molecular weight excluding hydrogens is 318 g/mol. The highest BCUT2D eigenvalue weighted by Gasteiger charge is 2.28. The van der Waals surface area contributed by atoms with Crippen LogP contribution in [0.15, 0.2) is 30.9 Å². The average molecular weight is 339 g/mol. The predicted molar refractivity (Wildman–Crippen MR) is 87.6 cm³/mol. The van der Waals surface area contributed by atoms with Gasteiger partial charge in [0.2, 0.25) is 0 Å². The van der Waals surface area contributed by atoms with Gasteiger partial charge in [-0.2, -0.15) is 0 Å². The number of amides is 1. The summed E-state index contributed by atoms with van der Waals surface area (Å²) in [5.41, 5.74) is 1.03. The van der Waals surface area contributed by atoms with Gasteiger partial charge in [0.1, 0.15) is 0 Å². The molecular formula is C16H21NO5S. The molecule has 0 aromatic heterocycles. The fourth-order valence-electron chi connectivity index (χ4n) is 2.45. The van der Waals surface area contributed by atoms with Gasteiger partial charge in [0.15, 0.2) is 27.9 Å². The number of carbonyl (C=O) groups is 1. The van der Waals surface area contributed by atoms with E-state index < -0.39 is 9.84 Å². The van der Waals surface area contributed by atoms with Crippen LogP contribution in [0.4, 0.5) is 0 Å². The molecule has 6 nitrogen and oxygen atoms in total. The van der Waals surface area contributed by atoms with E-state index >= 15 is 0 Å². The van der Waals surface area contributed by atoms with Gasteiger partial charge in [0, 0.05) is 6.04 Å². The van der Waals surface area contributed by atoms with Gasteiger partial charge in [-0.25, -0.2) is 8.42 Å². The van der Waals surface area contributed by atoms with Gasteiger partial charge in [-0.1, -0.05) is 12.1 Å². The standard InChI is InChI=1S/C16H21NO5S/c1-3-4-12-5-6-14(15(9-12)21-2)22-10-16(18)17-13-7-8-23(19,20)11-13/h3,5-6,9,13H,1,4,7-8,10-11H2,2H3,(H,17,18)/t13-/m0/s1. The van der Waals surface area contributed by atoms with E-state index in [2.05, 4.69) is 11.9 Å². The van der Waals surface area contributed by atoms with Crippen LogP contribution in [-0.2, 0) is 21.1 Å². The molecule has 126 valence electrons. The zero-order valence-corrected chi connectivity index (χ0v) is 13.9. The summed E-state index contributed by atoms with van der Waals surface area (Å²) in [6.45, 7) is 3.50.